The van der Waals surface area contributed by atoms with E-state index in [9.17, 15) is 14.4 Å². The zero-order valence-corrected chi connectivity index (χ0v) is 17.2. The summed E-state index contributed by atoms with van der Waals surface area (Å²) in [5.41, 5.74) is 0.228. The van der Waals surface area contributed by atoms with E-state index in [2.05, 4.69) is 10.6 Å². The van der Waals surface area contributed by atoms with E-state index in [0.29, 0.717) is 11.6 Å². The molecule has 1 aromatic carbocycles. The molecule has 9 heteroatoms. The Hall–Kier alpha value is -2.09. The molecule has 1 fully saturated rings. The molecule has 1 saturated heterocycles. The minimum atomic E-state index is -0.486. The van der Waals surface area contributed by atoms with E-state index in [1.807, 2.05) is 17.5 Å². The fourth-order valence-electron chi connectivity index (χ4n) is 3.11. The lowest BCUT2D eigenvalue weighted by atomic mass is 10.2. The summed E-state index contributed by atoms with van der Waals surface area (Å²) in [4.78, 5) is 39.6. The maximum Gasteiger partial charge on any atom is 0.253 e. The molecule has 6 nitrogen and oxygen atoms in total. The summed E-state index contributed by atoms with van der Waals surface area (Å²) in [7, 11) is 0. The molecule has 1 aliphatic heterocycles. The third-order valence-corrected chi connectivity index (χ3v) is 5.99. The number of amides is 3. The Kier molecular flexibility index (Phi) is 6.93. The van der Waals surface area contributed by atoms with Gasteiger partial charge in [-0.15, -0.1) is 11.3 Å². The van der Waals surface area contributed by atoms with Crippen LogP contribution in [0.4, 0.5) is 0 Å². The first-order valence-corrected chi connectivity index (χ1v) is 10.4. The van der Waals surface area contributed by atoms with Crippen molar-refractivity contribution in [2.24, 2.45) is 0 Å². The van der Waals surface area contributed by atoms with Crippen LogP contribution in [0.5, 0.6) is 0 Å². The van der Waals surface area contributed by atoms with Crippen molar-refractivity contribution in [1.29, 1.82) is 0 Å². The molecule has 0 radical (unpaired) electrons. The molecule has 28 heavy (non-hydrogen) atoms. The molecule has 2 aromatic rings. The molecule has 2 N–H and O–H groups in total. The lowest BCUT2D eigenvalue weighted by Gasteiger charge is -2.24. The summed E-state index contributed by atoms with van der Waals surface area (Å²) in [5.74, 6) is -1.06. The van der Waals surface area contributed by atoms with Crippen LogP contribution in [-0.2, 0) is 9.59 Å². The Balaban J connectivity index is 1.46. The first-order valence-electron chi connectivity index (χ1n) is 8.78. The predicted molar refractivity (Wildman–Crippen MR) is 110 cm³/mol. The van der Waals surface area contributed by atoms with Crippen LogP contribution in [0, 0.1) is 0 Å². The molecule has 0 spiro atoms. The highest BCUT2D eigenvalue weighted by molar-refractivity contribution is 7.10. The van der Waals surface area contributed by atoms with Gasteiger partial charge in [-0.05, 0) is 42.5 Å². The maximum absolute atomic E-state index is 12.5. The van der Waals surface area contributed by atoms with Crippen molar-refractivity contribution in [2.45, 2.75) is 18.9 Å². The molecule has 1 aromatic heterocycles. The molecule has 2 heterocycles. The van der Waals surface area contributed by atoms with Gasteiger partial charge < -0.3 is 15.5 Å². The van der Waals surface area contributed by atoms with Crippen LogP contribution in [0.3, 0.4) is 0 Å². The topological polar surface area (TPSA) is 78.5 Å². The number of likely N-dealkylation sites (tertiary alicyclic amines) is 1. The van der Waals surface area contributed by atoms with Gasteiger partial charge >= 0.3 is 0 Å². The molecular formula is C19H19Cl2N3O3S. The molecule has 148 valence electrons. The third-order valence-electron chi connectivity index (χ3n) is 4.47. The standard InChI is InChI=1S/C19H19Cl2N3O3S/c20-12-5-6-13(14(21)9-12)19(27)23-10-17(25)22-11-18(26)24-7-1-3-15(24)16-4-2-8-28-16/h2,4-6,8-9,15H,1,3,7,10-11H2,(H,22,25)(H,23,27). The number of benzene rings is 1. The average molecular weight is 440 g/mol. The molecule has 0 saturated carbocycles. The fourth-order valence-corrected chi connectivity index (χ4v) is 4.48. The van der Waals surface area contributed by atoms with Gasteiger partial charge in [-0.25, -0.2) is 0 Å². The van der Waals surface area contributed by atoms with Gasteiger partial charge in [-0.3, -0.25) is 14.4 Å². The van der Waals surface area contributed by atoms with Gasteiger partial charge in [0.15, 0.2) is 0 Å². The summed E-state index contributed by atoms with van der Waals surface area (Å²) in [6.07, 6.45) is 1.87. The van der Waals surface area contributed by atoms with Gasteiger partial charge in [0.25, 0.3) is 5.91 Å². The van der Waals surface area contributed by atoms with Gasteiger partial charge in [0.1, 0.15) is 0 Å². The summed E-state index contributed by atoms with van der Waals surface area (Å²) in [6, 6.07) is 8.56. The smallest absolute Gasteiger partial charge is 0.253 e. The van der Waals surface area contributed by atoms with E-state index in [1.165, 1.54) is 12.1 Å². The maximum atomic E-state index is 12.5. The summed E-state index contributed by atoms with van der Waals surface area (Å²) in [6.45, 7) is 0.334. The lowest BCUT2D eigenvalue weighted by molar-refractivity contribution is -0.133. The lowest BCUT2D eigenvalue weighted by Crippen LogP contribution is -2.43. The van der Waals surface area contributed by atoms with Gasteiger partial charge in [-0.1, -0.05) is 29.3 Å². The number of nitrogens with zero attached hydrogens (tertiary/aromatic N) is 1. The Morgan fingerprint density at radius 3 is 2.68 bits per heavy atom. The van der Waals surface area contributed by atoms with Crippen molar-refractivity contribution in [3.8, 4) is 0 Å². The van der Waals surface area contributed by atoms with Gasteiger partial charge in [0, 0.05) is 16.4 Å². The van der Waals surface area contributed by atoms with Gasteiger partial charge in [-0.2, -0.15) is 0 Å². The van der Waals surface area contributed by atoms with Gasteiger partial charge in [0.2, 0.25) is 11.8 Å². The minimum Gasteiger partial charge on any atom is -0.345 e. The molecular weight excluding hydrogens is 421 g/mol. The molecule has 0 bridgehead atoms. The van der Waals surface area contributed by atoms with Crippen LogP contribution in [0.2, 0.25) is 10.0 Å². The Morgan fingerprint density at radius 2 is 1.96 bits per heavy atom. The number of nitrogens with one attached hydrogen (secondary N) is 2. The van der Waals surface area contributed by atoms with Crippen molar-refractivity contribution in [2.75, 3.05) is 19.6 Å². The zero-order valence-electron chi connectivity index (χ0n) is 14.9. The number of hydrogen-bond donors (Lipinski definition) is 2. The normalized spacial score (nSPS) is 16.1. The molecule has 3 rings (SSSR count). The second-order valence-electron chi connectivity index (χ2n) is 6.34. The summed E-state index contributed by atoms with van der Waals surface area (Å²) >= 11 is 13.4. The molecule has 1 unspecified atom stereocenters. The van der Waals surface area contributed by atoms with Crippen LogP contribution >= 0.6 is 34.5 Å². The molecule has 1 aliphatic rings. The SMILES string of the molecule is O=C(CNC(=O)c1ccc(Cl)cc1Cl)NCC(=O)N1CCCC1c1cccs1. The third kappa shape index (κ3) is 5.04. The Bertz CT molecular complexity index is 873. The van der Waals surface area contributed by atoms with E-state index in [4.69, 9.17) is 23.2 Å². The zero-order chi connectivity index (χ0) is 20.1. The van der Waals surface area contributed by atoms with E-state index < -0.39 is 11.8 Å². The quantitative estimate of drug-likeness (QED) is 0.724. The molecule has 0 aliphatic carbocycles. The number of carbonyl (C=O) groups excluding carboxylic acids is 3. The van der Waals surface area contributed by atoms with Crippen LogP contribution in [-0.4, -0.2) is 42.3 Å². The highest BCUT2D eigenvalue weighted by Gasteiger charge is 2.30. The van der Waals surface area contributed by atoms with Crippen molar-refractivity contribution in [3.63, 3.8) is 0 Å². The van der Waals surface area contributed by atoms with Crippen molar-refractivity contribution < 1.29 is 14.4 Å². The molecule has 3 amide bonds. The number of carbonyl (C=O) groups is 3. The first kappa shape index (κ1) is 20.6. The van der Waals surface area contributed by atoms with Crippen LogP contribution < -0.4 is 10.6 Å². The van der Waals surface area contributed by atoms with Crippen LogP contribution in [0.15, 0.2) is 35.7 Å². The van der Waals surface area contributed by atoms with Crippen molar-refractivity contribution in [3.05, 3.63) is 56.2 Å². The van der Waals surface area contributed by atoms with Crippen molar-refractivity contribution >= 4 is 52.3 Å². The highest BCUT2D eigenvalue weighted by atomic mass is 35.5. The van der Waals surface area contributed by atoms with Crippen LogP contribution in [0.1, 0.15) is 34.1 Å². The minimum absolute atomic E-state index is 0.0798. The second kappa shape index (κ2) is 9.41. The fraction of sp³-hybridized carbons (Fsp3) is 0.316. The monoisotopic (exact) mass is 439 g/mol. The number of hydrogen-bond acceptors (Lipinski definition) is 4. The Morgan fingerprint density at radius 1 is 1.14 bits per heavy atom. The average Bonchev–Trinajstić information content (AvgIpc) is 3.35. The van der Waals surface area contributed by atoms with E-state index in [-0.39, 0.29) is 35.6 Å². The second-order valence-corrected chi connectivity index (χ2v) is 8.17. The molecule has 1 atom stereocenters. The predicted octanol–water partition coefficient (Wildman–Crippen LogP) is 3.26. The Labute approximate surface area is 176 Å². The number of thiophene rings is 1. The number of halogens is 2. The van der Waals surface area contributed by atoms with Crippen molar-refractivity contribution in [1.82, 2.24) is 15.5 Å². The van der Waals surface area contributed by atoms with E-state index >= 15 is 0 Å². The number of rotatable bonds is 6. The first-order chi connectivity index (χ1) is 13.5. The largest absolute Gasteiger partial charge is 0.345 e. The van der Waals surface area contributed by atoms with E-state index in [0.717, 1.165) is 17.7 Å². The van der Waals surface area contributed by atoms with Gasteiger partial charge in [0.05, 0.1) is 29.7 Å². The van der Waals surface area contributed by atoms with Crippen LogP contribution in [0.25, 0.3) is 0 Å². The van der Waals surface area contributed by atoms with E-state index in [1.54, 1.807) is 22.3 Å². The highest BCUT2D eigenvalue weighted by Crippen LogP contribution is 2.34. The summed E-state index contributed by atoms with van der Waals surface area (Å²) in [5, 5.41) is 7.66. The summed E-state index contributed by atoms with van der Waals surface area (Å²) < 4.78 is 0.